The summed E-state index contributed by atoms with van der Waals surface area (Å²) in [5.74, 6) is -0.449. The molecule has 1 amide bonds. The number of benzene rings is 2. The van der Waals surface area contributed by atoms with E-state index in [-0.39, 0.29) is 31.5 Å². The van der Waals surface area contributed by atoms with Crippen LogP contribution in [0.5, 0.6) is 5.75 Å². The van der Waals surface area contributed by atoms with Gasteiger partial charge in [0, 0.05) is 30.6 Å². The predicted octanol–water partition coefficient (Wildman–Crippen LogP) is 3.89. The van der Waals surface area contributed by atoms with Crippen molar-refractivity contribution in [3.8, 4) is 5.75 Å². The van der Waals surface area contributed by atoms with Crippen LogP contribution >= 0.6 is 24.0 Å². The van der Waals surface area contributed by atoms with E-state index in [1.54, 1.807) is 36.4 Å². The van der Waals surface area contributed by atoms with Gasteiger partial charge in [0.15, 0.2) is 5.60 Å². The van der Waals surface area contributed by atoms with E-state index in [0.717, 1.165) is 5.56 Å². The van der Waals surface area contributed by atoms with Crippen molar-refractivity contribution in [3.05, 3.63) is 64.7 Å². The molecule has 35 heavy (non-hydrogen) atoms. The fourth-order valence-electron chi connectivity index (χ4n) is 2.71. The van der Waals surface area contributed by atoms with E-state index >= 15 is 0 Å². The highest BCUT2D eigenvalue weighted by atomic mass is 35.5. The van der Waals surface area contributed by atoms with Gasteiger partial charge in [-0.25, -0.2) is 9.59 Å². The van der Waals surface area contributed by atoms with Crippen molar-refractivity contribution in [2.75, 3.05) is 19.7 Å². The first kappa shape index (κ1) is 30.0. The van der Waals surface area contributed by atoms with Crippen molar-refractivity contribution in [2.24, 2.45) is 5.73 Å². The summed E-state index contributed by atoms with van der Waals surface area (Å²) in [6, 6.07) is 13.8. The number of nitrogens with two attached hydrogens (primary N) is 1. The van der Waals surface area contributed by atoms with Crippen LogP contribution in [0.1, 0.15) is 36.7 Å². The molecule has 0 saturated carbocycles. The Hall–Kier alpha value is -3.01. The highest BCUT2D eigenvalue weighted by Crippen LogP contribution is 2.21. The lowest BCUT2D eigenvalue weighted by molar-refractivity contribution is -0.183. The van der Waals surface area contributed by atoms with E-state index < -0.39 is 24.0 Å². The van der Waals surface area contributed by atoms with Crippen LogP contribution in [0.2, 0.25) is 5.02 Å². The van der Waals surface area contributed by atoms with Gasteiger partial charge in [-0.1, -0.05) is 23.7 Å². The topological polar surface area (TPSA) is 126 Å². The van der Waals surface area contributed by atoms with Gasteiger partial charge in [-0.2, -0.15) is 0 Å². The van der Waals surface area contributed by atoms with Crippen LogP contribution < -0.4 is 15.8 Å². The third-order valence-corrected chi connectivity index (χ3v) is 4.72. The van der Waals surface area contributed by atoms with Crippen LogP contribution in [0.15, 0.2) is 48.5 Å². The number of carbonyl (C=O) groups is 3. The van der Waals surface area contributed by atoms with Crippen LogP contribution in [-0.4, -0.2) is 49.6 Å². The molecule has 1 atom stereocenters. The van der Waals surface area contributed by atoms with Gasteiger partial charge in [0.2, 0.25) is 6.29 Å². The van der Waals surface area contributed by atoms with Gasteiger partial charge in [-0.05, 0) is 62.2 Å². The maximum atomic E-state index is 12.4. The van der Waals surface area contributed by atoms with Crippen molar-refractivity contribution in [3.63, 3.8) is 0 Å². The van der Waals surface area contributed by atoms with E-state index in [2.05, 4.69) is 10.1 Å². The number of carbonyl (C=O) groups excluding carboxylic acids is 3. The fraction of sp³-hybridized carbons (Fsp3) is 0.375. The molecule has 0 aliphatic rings. The first-order valence-corrected chi connectivity index (χ1v) is 11.0. The molecule has 0 aliphatic carbocycles. The largest absolute Gasteiger partial charge is 0.511 e. The van der Waals surface area contributed by atoms with Gasteiger partial charge in [0.25, 0.3) is 5.91 Å². The zero-order valence-corrected chi connectivity index (χ0v) is 21.3. The summed E-state index contributed by atoms with van der Waals surface area (Å²) in [6.07, 6.45) is -1.53. The second-order valence-electron chi connectivity index (χ2n) is 7.75. The average Bonchev–Trinajstić information content (AvgIpc) is 2.78. The molecule has 0 spiro atoms. The first-order valence-electron chi connectivity index (χ1n) is 10.7. The Bertz CT molecular complexity index is 967. The molecule has 0 saturated heterocycles. The molecular weight excluding hydrogens is 499 g/mol. The van der Waals surface area contributed by atoms with Gasteiger partial charge in [-0.3, -0.25) is 4.79 Å². The number of hydrogen-bond donors (Lipinski definition) is 2. The Morgan fingerprint density at radius 2 is 1.66 bits per heavy atom. The second-order valence-corrected chi connectivity index (χ2v) is 8.18. The summed E-state index contributed by atoms with van der Waals surface area (Å²) < 4.78 is 20.4. The molecule has 0 radical (unpaired) electrons. The van der Waals surface area contributed by atoms with Crippen molar-refractivity contribution in [1.29, 1.82) is 0 Å². The summed E-state index contributed by atoms with van der Waals surface area (Å²) in [7, 11) is 0. The number of amides is 1. The Balaban J connectivity index is 0.00000612. The van der Waals surface area contributed by atoms with Crippen LogP contribution in [-0.2, 0) is 25.4 Å². The standard InChI is InChI=1S/C24H29ClN2O7.ClH/c1-16(33-23(30)31-15-13-26)32-22(29)24(2,3)34-20-10-4-17(5-11-20)12-14-27-21(28)18-6-8-19(25)9-7-18;/h4-11,16H,12-15,26H2,1-3H3,(H,27,28);1H. The molecule has 3 N–H and O–H groups in total. The zero-order valence-electron chi connectivity index (χ0n) is 19.7. The van der Waals surface area contributed by atoms with Crippen LogP contribution in [0, 0.1) is 0 Å². The van der Waals surface area contributed by atoms with Crippen molar-refractivity contribution < 1.29 is 33.3 Å². The average molecular weight is 529 g/mol. The summed E-state index contributed by atoms with van der Waals surface area (Å²) >= 11 is 5.83. The highest BCUT2D eigenvalue weighted by molar-refractivity contribution is 6.30. The smallest absolute Gasteiger partial charge is 0.476 e. The number of esters is 1. The van der Waals surface area contributed by atoms with Crippen molar-refractivity contribution >= 4 is 42.0 Å². The normalized spacial score (nSPS) is 11.5. The minimum absolute atomic E-state index is 0. The van der Waals surface area contributed by atoms with Gasteiger partial charge in [0.05, 0.1) is 0 Å². The lowest BCUT2D eigenvalue weighted by Gasteiger charge is -2.26. The monoisotopic (exact) mass is 528 g/mol. The number of rotatable bonds is 11. The van der Waals surface area contributed by atoms with Crippen molar-refractivity contribution in [2.45, 2.75) is 39.1 Å². The second kappa shape index (κ2) is 14.4. The van der Waals surface area contributed by atoms with Gasteiger partial charge < -0.3 is 30.0 Å². The van der Waals surface area contributed by atoms with Gasteiger partial charge in [0.1, 0.15) is 12.4 Å². The molecule has 2 rings (SSSR count). The maximum absolute atomic E-state index is 12.4. The fourth-order valence-corrected chi connectivity index (χ4v) is 2.84. The van der Waals surface area contributed by atoms with E-state index in [0.29, 0.717) is 29.3 Å². The summed E-state index contributed by atoms with van der Waals surface area (Å²) in [5.41, 5.74) is 5.41. The third-order valence-electron chi connectivity index (χ3n) is 4.47. The highest BCUT2D eigenvalue weighted by Gasteiger charge is 2.34. The van der Waals surface area contributed by atoms with E-state index in [1.165, 1.54) is 20.8 Å². The first-order chi connectivity index (χ1) is 16.1. The predicted molar refractivity (Wildman–Crippen MR) is 133 cm³/mol. The molecule has 11 heteroatoms. The SMILES string of the molecule is CC(OC(=O)OCCN)OC(=O)C(C)(C)Oc1ccc(CCNC(=O)c2ccc(Cl)cc2)cc1.Cl. The minimum Gasteiger partial charge on any atom is -0.476 e. The molecule has 2 aromatic rings. The zero-order chi connectivity index (χ0) is 25.1. The molecule has 2 aromatic carbocycles. The van der Waals surface area contributed by atoms with E-state index in [4.69, 9.17) is 31.5 Å². The molecule has 0 bridgehead atoms. The van der Waals surface area contributed by atoms with Crippen LogP contribution in [0.25, 0.3) is 0 Å². The van der Waals surface area contributed by atoms with E-state index in [9.17, 15) is 14.4 Å². The maximum Gasteiger partial charge on any atom is 0.511 e. The molecule has 0 heterocycles. The number of hydrogen-bond acceptors (Lipinski definition) is 8. The lowest BCUT2D eigenvalue weighted by atomic mass is 10.1. The molecule has 9 nitrogen and oxygen atoms in total. The van der Waals surface area contributed by atoms with Gasteiger partial charge in [-0.15, -0.1) is 12.4 Å². The quantitative estimate of drug-likeness (QED) is 0.332. The molecule has 1 unspecified atom stereocenters. The summed E-state index contributed by atoms with van der Waals surface area (Å²) in [5, 5.41) is 3.42. The van der Waals surface area contributed by atoms with Crippen molar-refractivity contribution in [1.82, 2.24) is 5.32 Å². The molecule has 0 aliphatic heterocycles. The van der Waals surface area contributed by atoms with Gasteiger partial charge >= 0.3 is 12.1 Å². The number of halogens is 2. The Morgan fingerprint density at radius 3 is 2.26 bits per heavy atom. The molecule has 0 aromatic heterocycles. The third kappa shape index (κ3) is 10.4. The lowest BCUT2D eigenvalue weighted by Crippen LogP contribution is -2.42. The Kier molecular flexibility index (Phi) is 12.4. The minimum atomic E-state index is -1.34. The molecule has 192 valence electrons. The Labute approximate surface area is 215 Å². The van der Waals surface area contributed by atoms with Crippen LogP contribution in [0.4, 0.5) is 4.79 Å². The Morgan fingerprint density at radius 1 is 1.03 bits per heavy atom. The van der Waals surface area contributed by atoms with E-state index in [1.807, 2.05) is 12.1 Å². The molecule has 0 fully saturated rings. The number of ether oxygens (including phenoxy) is 4. The molecular formula is C24H30Cl2N2O7. The van der Waals surface area contributed by atoms with Crippen LogP contribution in [0.3, 0.4) is 0 Å². The summed E-state index contributed by atoms with van der Waals surface area (Å²) in [4.78, 5) is 36.0. The summed E-state index contributed by atoms with van der Waals surface area (Å²) in [6.45, 7) is 5.06. The number of nitrogens with one attached hydrogen (secondary N) is 1.